The molecule has 4 rings (SSSR count). The van der Waals surface area contributed by atoms with Crippen molar-refractivity contribution in [2.45, 2.75) is 19.3 Å². The van der Waals surface area contributed by atoms with Crippen molar-refractivity contribution in [2.24, 2.45) is 28.2 Å². The van der Waals surface area contributed by atoms with Crippen LogP contribution in [-0.2, 0) is 41.0 Å². The first kappa shape index (κ1) is 22.1. The van der Waals surface area contributed by atoms with E-state index in [1.807, 2.05) is 0 Å². The summed E-state index contributed by atoms with van der Waals surface area (Å²) in [7, 11) is 8.70. The van der Waals surface area contributed by atoms with Crippen LogP contribution in [0.5, 0.6) is 0 Å². The molecule has 0 N–H and O–H groups in total. The van der Waals surface area contributed by atoms with E-state index in [2.05, 4.69) is 95.0 Å². The molecule has 2 aromatic carbocycles. The van der Waals surface area contributed by atoms with E-state index in [4.69, 9.17) is 0 Å². The molecule has 144 valence electrons. The van der Waals surface area contributed by atoms with Crippen LogP contribution in [0.4, 0.5) is 0 Å². The molecule has 0 saturated carbocycles. The lowest BCUT2D eigenvalue weighted by molar-refractivity contribution is -0.655. The van der Waals surface area contributed by atoms with E-state index in [-0.39, 0.29) is 48.0 Å². The molecule has 27 heavy (non-hydrogen) atoms. The molecule has 0 fully saturated rings. The molecule has 0 spiro atoms. The Balaban J connectivity index is 0.00000131. The van der Waals surface area contributed by atoms with Gasteiger partial charge in [-0.2, -0.15) is 0 Å². The molecule has 0 bridgehead atoms. The van der Waals surface area contributed by atoms with Gasteiger partial charge in [0.05, 0.1) is 28.2 Å². The van der Waals surface area contributed by atoms with Crippen molar-refractivity contribution < 1.29 is 57.1 Å². The number of aryl methyl sites for hydroxylation is 4. The molecule has 0 saturated heterocycles. The number of hydrogen-bond acceptors (Lipinski definition) is 0. The Hall–Kier alpha value is -1.16. The summed E-state index contributed by atoms with van der Waals surface area (Å²) in [5.41, 5.74) is 5.20. The van der Waals surface area contributed by atoms with Gasteiger partial charge in [0.25, 0.3) is 11.6 Å². The summed E-state index contributed by atoms with van der Waals surface area (Å²) >= 11 is 0. The number of para-hydroxylation sites is 4. The zero-order chi connectivity index (χ0) is 17.6. The van der Waals surface area contributed by atoms with Crippen molar-refractivity contribution in [1.29, 1.82) is 0 Å². The quantitative estimate of drug-likeness (QED) is 0.174. The number of hydrogen-bond donors (Lipinski definition) is 0. The Kier molecular flexibility index (Phi) is 7.29. The van der Waals surface area contributed by atoms with Crippen LogP contribution in [0.3, 0.4) is 0 Å². The van der Waals surface area contributed by atoms with Gasteiger partial charge < -0.3 is 48.0 Å². The Morgan fingerprint density at radius 3 is 1.41 bits per heavy atom. The predicted molar refractivity (Wildman–Crippen MR) is 100 cm³/mol. The molecule has 0 aliphatic heterocycles. The number of aromatic nitrogens is 4. The number of rotatable bonds is 4. The van der Waals surface area contributed by atoms with E-state index < -0.39 is 0 Å². The molecular weight excluding hydrogens is 562 g/mol. The van der Waals surface area contributed by atoms with Gasteiger partial charge in [0.15, 0.2) is 22.1 Å². The third kappa shape index (κ3) is 3.74. The van der Waals surface area contributed by atoms with Crippen LogP contribution in [0.1, 0.15) is 18.1 Å². The zero-order valence-corrected chi connectivity index (χ0v) is 20.6. The molecule has 0 aliphatic rings. The SMILES string of the molecule is Cn1c(CCCc2n(C)c3ccccc3[n+]2C)[n+](C)c2ccccc21.[I-].[I-]. The highest BCUT2D eigenvalue weighted by Gasteiger charge is 2.22. The van der Waals surface area contributed by atoms with Crippen molar-refractivity contribution in [3.05, 3.63) is 60.2 Å². The minimum Gasteiger partial charge on any atom is -1.00 e. The highest BCUT2D eigenvalue weighted by molar-refractivity contribution is 5.72. The standard InChI is InChI=1S/C21H26N4.2HI/c1-22-16-10-5-6-11-17(16)23(2)20(22)14-9-15-21-24(3)18-12-7-8-13-19(18)25(21)4;;/h5-8,10-13H,9,14-15H2,1-4H3;2*1H/q+2;;/p-2. The fourth-order valence-corrected chi connectivity index (χ4v) is 4.14. The first-order valence-corrected chi connectivity index (χ1v) is 8.94. The summed E-state index contributed by atoms with van der Waals surface area (Å²) in [5.74, 6) is 2.75. The number of benzene rings is 2. The molecule has 0 radical (unpaired) electrons. The highest BCUT2D eigenvalue weighted by atomic mass is 127. The van der Waals surface area contributed by atoms with Gasteiger partial charge in [-0.15, -0.1) is 0 Å². The third-order valence-electron chi connectivity index (χ3n) is 5.56. The van der Waals surface area contributed by atoms with Crippen molar-refractivity contribution in [3.63, 3.8) is 0 Å². The monoisotopic (exact) mass is 588 g/mol. The first-order valence-electron chi connectivity index (χ1n) is 8.94. The molecule has 4 aromatic rings. The largest absolute Gasteiger partial charge is 1.00 e. The minimum absolute atomic E-state index is 0. The van der Waals surface area contributed by atoms with E-state index >= 15 is 0 Å². The number of nitrogens with zero attached hydrogens (tertiary/aromatic N) is 4. The van der Waals surface area contributed by atoms with E-state index in [1.54, 1.807) is 0 Å². The second-order valence-corrected chi connectivity index (χ2v) is 6.90. The minimum atomic E-state index is 0. The second-order valence-electron chi connectivity index (χ2n) is 6.90. The topological polar surface area (TPSA) is 17.6 Å². The third-order valence-corrected chi connectivity index (χ3v) is 5.56. The fourth-order valence-electron chi connectivity index (χ4n) is 4.14. The molecular formula is C21H26I2N4. The summed E-state index contributed by atoms with van der Waals surface area (Å²) in [4.78, 5) is 0. The van der Waals surface area contributed by atoms with Gasteiger partial charge in [0.1, 0.15) is 0 Å². The van der Waals surface area contributed by atoms with Gasteiger partial charge in [0.2, 0.25) is 0 Å². The Morgan fingerprint density at radius 1 is 0.667 bits per heavy atom. The van der Waals surface area contributed by atoms with Gasteiger partial charge in [-0.25, -0.2) is 18.3 Å². The van der Waals surface area contributed by atoms with E-state index in [0.29, 0.717) is 0 Å². The average molecular weight is 588 g/mol. The van der Waals surface area contributed by atoms with Gasteiger partial charge in [0, 0.05) is 12.8 Å². The maximum Gasteiger partial charge on any atom is 0.256 e. The summed E-state index contributed by atoms with van der Waals surface area (Å²) in [6.07, 6.45) is 3.28. The number of halogens is 2. The van der Waals surface area contributed by atoms with Crippen molar-refractivity contribution in [1.82, 2.24) is 9.13 Å². The molecule has 0 amide bonds. The number of imidazole rings is 2. The maximum atomic E-state index is 2.33. The van der Waals surface area contributed by atoms with Crippen LogP contribution in [0.15, 0.2) is 48.5 Å². The van der Waals surface area contributed by atoms with Gasteiger partial charge in [-0.1, -0.05) is 24.3 Å². The molecule has 0 atom stereocenters. The van der Waals surface area contributed by atoms with Crippen LogP contribution >= 0.6 is 0 Å². The second kappa shape index (κ2) is 8.89. The van der Waals surface area contributed by atoms with Crippen molar-refractivity contribution >= 4 is 22.1 Å². The summed E-state index contributed by atoms with van der Waals surface area (Å²) in [6, 6.07) is 17.2. The van der Waals surface area contributed by atoms with E-state index in [9.17, 15) is 0 Å². The van der Waals surface area contributed by atoms with Gasteiger partial charge in [-0.3, -0.25) is 0 Å². The number of fused-ring (bicyclic) bond motifs is 2. The van der Waals surface area contributed by atoms with Crippen molar-refractivity contribution in [3.8, 4) is 0 Å². The molecule has 6 heteroatoms. The summed E-state index contributed by atoms with van der Waals surface area (Å²) < 4.78 is 9.32. The molecule has 4 nitrogen and oxygen atoms in total. The van der Waals surface area contributed by atoms with Gasteiger partial charge in [-0.05, 0) is 30.7 Å². The first-order chi connectivity index (χ1) is 12.1. The van der Waals surface area contributed by atoms with Crippen LogP contribution in [0.2, 0.25) is 0 Å². The summed E-state index contributed by atoms with van der Waals surface area (Å²) in [5, 5.41) is 0. The molecule has 2 aromatic heterocycles. The van der Waals surface area contributed by atoms with Gasteiger partial charge >= 0.3 is 0 Å². The van der Waals surface area contributed by atoms with E-state index in [1.165, 1.54) is 33.7 Å². The Bertz CT molecular complexity index is 915. The van der Waals surface area contributed by atoms with Crippen LogP contribution in [0.25, 0.3) is 22.1 Å². The maximum absolute atomic E-state index is 2.33. The average Bonchev–Trinajstić information content (AvgIpc) is 3.03. The van der Waals surface area contributed by atoms with Crippen LogP contribution < -0.4 is 57.1 Å². The van der Waals surface area contributed by atoms with E-state index in [0.717, 1.165) is 19.3 Å². The lowest BCUT2D eigenvalue weighted by atomic mass is 10.2. The lowest BCUT2D eigenvalue weighted by Crippen LogP contribution is -3.00. The normalized spacial score (nSPS) is 10.8. The highest BCUT2D eigenvalue weighted by Crippen LogP contribution is 2.16. The molecule has 0 unspecified atom stereocenters. The molecule has 0 aliphatic carbocycles. The predicted octanol–water partition coefficient (Wildman–Crippen LogP) is -3.50. The van der Waals surface area contributed by atoms with Crippen LogP contribution in [-0.4, -0.2) is 9.13 Å². The zero-order valence-electron chi connectivity index (χ0n) is 16.3. The van der Waals surface area contributed by atoms with Crippen molar-refractivity contribution in [2.75, 3.05) is 0 Å². The smallest absolute Gasteiger partial charge is 0.256 e. The fraction of sp³-hybridized carbons (Fsp3) is 0.333. The lowest BCUT2D eigenvalue weighted by Gasteiger charge is -2.00. The van der Waals surface area contributed by atoms with Crippen LogP contribution in [0, 0.1) is 0 Å². The summed E-state index contributed by atoms with van der Waals surface area (Å²) in [6.45, 7) is 0. The Labute approximate surface area is 194 Å². The molecule has 2 heterocycles. The Morgan fingerprint density at radius 2 is 1.04 bits per heavy atom.